The van der Waals surface area contributed by atoms with Gasteiger partial charge < -0.3 is 67.7 Å². The Morgan fingerprint density at radius 2 is 0.791 bits per heavy atom. The summed E-state index contributed by atoms with van der Waals surface area (Å²) in [6.07, 6.45) is 29.5. The molecule has 0 saturated carbocycles. The van der Waals surface area contributed by atoms with E-state index in [4.69, 9.17) is 64.7 Å². The average molecular weight is 1910 g/mol. The Labute approximate surface area is 820 Å². The van der Waals surface area contributed by atoms with Gasteiger partial charge in [0.15, 0.2) is 0 Å². The molecule has 3 saturated heterocycles. The van der Waals surface area contributed by atoms with Gasteiger partial charge in [0.25, 0.3) is 0 Å². The van der Waals surface area contributed by atoms with Crippen molar-refractivity contribution in [3.05, 3.63) is 225 Å². The molecule has 0 spiro atoms. The number of nitriles is 1. The fraction of sp³-hybridized carbons (Fsp3) is 0.327. The number of anilines is 8. The Morgan fingerprint density at radius 3 is 1.13 bits per heavy atom. The number of hydrogen-bond acceptors (Lipinski definition) is 28. The fourth-order valence-electron chi connectivity index (χ4n) is 17.5. The zero-order valence-electron chi connectivity index (χ0n) is 80.4. The van der Waals surface area contributed by atoms with E-state index in [9.17, 15) is 15.2 Å². The SMILES string of the molecule is CCCN(c1ccc2ncc(-c3cnn(C)c3)nc2c1)c1cc(OC)ccc1Cl.COc1cc(OC)cc(N(CCCN2CCCC2=O)c2ccc3ncc(-c4cnn(C)c4)nc3c2)c1.COc1cc(OC)cc(N(CCCN2CCC[C@H]2CO)c2ccc3ncc(-c4cnn(C)c4)nc3c2)c1.COc1cc(OC)cc(N(CCN2CC[C@H](C#N)C2)c2ccc3ncc(-c4cnn(C)c4)nc3c2)c1.S. The van der Waals surface area contributed by atoms with Gasteiger partial charge in [0.2, 0.25) is 5.91 Å². The summed E-state index contributed by atoms with van der Waals surface area (Å²) in [5.74, 6) is 5.46. The number of aliphatic hydroxyl groups is 1. The van der Waals surface area contributed by atoms with Crippen molar-refractivity contribution in [1.29, 1.82) is 5.26 Å². The Kier molecular flexibility index (Phi) is 33.0. The third-order valence-corrected chi connectivity index (χ3v) is 25.1. The number of amides is 1. The monoisotopic (exact) mass is 1910 g/mol. The van der Waals surface area contributed by atoms with Gasteiger partial charge in [-0.1, -0.05) is 18.5 Å². The van der Waals surface area contributed by atoms with Crippen LogP contribution in [-0.2, 0) is 33.0 Å². The summed E-state index contributed by atoms with van der Waals surface area (Å²) in [5, 5.41) is 36.7. The first-order valence-electron chi connectivity index (χ1n) is 46.2. The highest BCUT2D eigenvalue weighted by Gasteiger charge is 2.28. The molecule has 3 aliphatic heterocycles. The molecular weight excluding hydrogens is 1800 g/mol. The summed E-state index contributed by atoms with van der Waals surface area (Å²) in [7, 11) is 19.1. The topological polar surface area (TPSA) is 323 Å². The highest BCUT2D eigenvalue weighted by Crippen LogP contribution is 2.42. The summed E-state index contributed by atoms with van der Waals surface area (Å²) in [4.78, 5) is 65.6. The first-order chi connectivity index (χ1) is 67.2. The highest BCUT2D eigenvalue weighted by molar-refractivity contribution is 7.59. The minimum absolute atomic E-state index is 0. The van der Waals surface area contributed by atoms with Gasteiger partial charge in [0.05, 0.1) is 196 Å². The highest BCUT2D eigenvalue weighted by atomic mass is 35.5. The Hall–Kier alpha value is -14.8. The van der Waals surface area contributed by atoms with E-state index in [1.165, 1.54) is 0 Å². The van der Waals surface area contributed by atoms with Gasteiger partial charge in [0.1, 0.15) is 40.2 Å². The van der Waals surface area contributed by atoms with Crippen molar-refractivity contribution in [3.63, 3.8) is 0 Å². The molecule has 0 radical (unpaired) electrons. The summed E-state index contributed by atoms with van der Waals surface area (Å²) < 4.78 is 45.7. The second kappa shape index (κ2) is 46.4. The van der Waals surface area contributed by atoms with Crippen molar-refractivity contribution in [2.75, 3.05) is 148 Å². The number of methoxy groups -OCH3 is 7. The second-order valence-electron chi connectivity index (χ2n) is 34.1. The standard InChI is InChI=1S/C28H34N6O3.C27H29N7O2.C27H30N6O3.C22H22ClN5O.H2S/c1-32-18-20(16-30-32)28-17-29-26-8-7-21(14-27(26)31-28)34(11-5-10-33-9-4-6-22(33)19-35)23-12-24(36-2)15-25(13-23)37-3;1-32-18-20(15-30-32)27-16-29-25-5-4-21(12-26(25)31-27)34(9-8-33-7-6-19(14-28)17-33)22-10-23(35-2)13-24(11-22)36-3;1-31-18-19(16-29-31)26-17-28-24-8-7-20(14-25(24)30-26)33(11-5-10-32-9-4-6-27(32)34)21-12-22(35-2)15-23(13-21)36-3;1-4-9-28(22-11-17(29-3)6-7-18(22)23)16-5-8-19-20(10-16)26-21(13-24-19)15-12-25-27(2)14-15;/h7-8,12-18,22,35H,4-6,9-11,19H2,1-3H3;4-5,10-13,15-16,18-19H,6-9,17H2,1-3H3;7-8,12-18H,4-6,9-11H2,1-3H3;5-8,10-14H,4,9H2,1-3H3;1H2/t22-;19-;;;/m01.../s1. The Morgan fingerprint density at radius 1 is 0.410 bits per heavy atom. The fourth-order valence-corrected chi connectivity index (χ4v) is 17.7. The molecule has 1 amide bonds. The smallest absolute Gasteiger partial charge is 0.222 e. The van der Waals surface area contributed by atoms with Crippen LogP contribution < -0.4 is 52.8 Å². The normalized spacial score (nSPS) is 14.1. The van der Waals surface area contributed by atoms with Gasteiger partial charge in [-0.15, -0.1) is 0 Å². The molecule has 0 bridgehead atoms. The van der Waals surface area contributed by atoms with Gasteiger partial charge in [-0.05, 0) is 143 Å². The van der Waals surface area contributed by atoms with E-state index in [0.29, 0.717) is 29.5 Å². The maximum Gasteiger partial charge on any atom is 0.222 e. The van der Waals surface area contributed by atoms with Crippen LogP contribution in [0.3, 0.4) is 0 Å². The average Bonchev–Trinajstić information content (AvgIpc) is 1.68. The third kappa shape index (κ3) is 24.3. The molecule has 11 heterocycles. The lowest BCUT2D eigenvalue weighted by atomic mass is 10.1. The zero-order chi connectivity index (χ0) is 96.3. The van der Waals surface area contributed by atoms with Crippen molar-refractivity contribution in [2.24, 2.45) is 34.1 Å². The molecular formula is C104H117ClN24O9S. The number of halogens is 1. The molecule has 8 aromatic carbocycles. The molecule has 33 nitrogen and oxygen atoms in total. The van der Waals surface area contributed by atoms with Gasteiger partial charge in [-0.3, -0.25) is 48.4 Å². The molecule has 2 atom stereocenters. The first kappa shape index (κ1) is 98.7. The number of benzene rings is 8. The second-order valence-corrected chi connectivity index (χ2v) is 34.5. The number of carbonyl (C=O) groups is 1. The van der Waals surface area contributed by atoms with E-state index in [1.807, 2.05) is 173 Å². The number of rotatable bonds is 33. The quantitative estimate of drug-likeness (QED) is 0.0399. The van der Waals surface area contributed by atoms with E-state index in [2.05, 4.69) is 113 Å². The van der Waals surface area contributed by atoms with E-state index in [-0.39, 0.29) is 38.0 Å². The molecule has 8 aromatic heterocycles. The minimum Gasteiger partial charge on any atom is -0.497 e. The van der Waals surface area contributed by atoms with Crippen molar-refractivity contribution in [3.8, 4) is 91.3 Å². The van der Waals surface area contributed by atoms with Crippen LogP contribution in [0.25, 0.3) is 89.2 Å². The number of fused-ring (bicyclic) bond motifs is 4. The molecule has 0 unspecified atom stereocenters. The number of aliphatic hydroxyl groups excluding tert-OH is 1. The third-order valence-electron chi connectivity index (χ3n) is 24.8. The number of carbonyl (C=O) groups excluding carboxylic acids is 1. The van der Waals surface area contributed by atoms with Crippen LogP contribution in [0.4, 0.5) is 45.5 Å². The van der Waals surface area contributed by atoms with Crippen molar-refractivity contribution < 1.29 is 43.1 Å². The van der Waals surface area contributed by atoms with Gasteiger partial charge in [-0.25, -0.2) is 19.9 Å². The Bertz CT molecular complexity index is 6880. The van der Waals surface area contributed by atoms with Crippen molar-refractivity contribution in [2.45, 2.75) is 64.3 Å². The largest absolute Gasteiger partial charge is 0.497 e. The van der Waals surface area contributed by atoms with Crippen LogP contribution in [0.15, 0.2) is 220 Å². The van der Waals surface area contributed by atoms with E-state index < -0.39 is 0 Å². The van der Waals surface area contributed by atoms with Gasteiger partial charge >= 0.3 is 0 Å². The molecule has 0 aliphatic carbocycles. The maximum absolute atomic E-state index is 12.1. The molecule has 16 aromatic rings. The van der Waals surface area contributed by atoms with Crippen molar-refractivity contribution in [1.82, 2.24) is 93.7 Å². The molecule has 19 rings (SSSR count). The predicted octanol–water partition coefficient (Wildman–Crippen LogP) is 17.6. The van der Waals surface area contributed by atoms with Crippen molar-refractivity contribution >= 4 is 121 Å². The van der Waals surface area contributed by atoms with E-state index in [0.717, 1.165) is 274 Å². The van der Waals surface area contributed by atoms with Crippen LogP contribution in [0.1, 0.15) is 58.3 Å². The number of aromatic nitrogens is 16. The summed E-state index contributed by atoms with van der Waals surface area (Å²) in [6, 6.07) is 50.5. The van der Waals surface area contributed by atoms with Crippen LogP contribution in [0, 0.1) is 17.2 Å². The molecule has 35 heteroatoms. The summed E-state index contributed by atoms with van der Waals surface area (Å²) >= 11 is 6.52. The van der Waals surface area contributed by atoms with Crippen LogP contribution in [-0.4, -0.2) is 239 Å². The van der Waals surface area contributed by atoms with Crippen LogP contribution >= 0.6 is 25.1 Å². The minimum atomic E-state index is 0. The Balaban J connectivity index is 0.000000141. The maximum atomic E-state index is 12.1. The lowest BCUT2D eigenvalue weighted by Gasteiger charge is -2.28. The lowest BCUT2D eigenvalue weighted by Crippen LogP contribution is -2.34. The number of nitrogens with zero attached hydrogens (tertiary/aromatic N) is 24. The molecule has 3 fully saturated rings. The number of hydrogen-bond donors (Lipinski definition) is 1. The van der Waals surface area contributed by atoms with Crippen LogP contribution in [0.5, 0.6) is 40.2 Å². The van der Waals surface area contributed by atoms with E-state index in [1.54, 1.807) is 118 Å². The molecule has 3 aliphatic rings. The summed E-state index contributed by atoms with van der Waals surface area (Å²) in [6.45, 7) is 11.5. The molecule has 1 N–H and O–H groups in total. The van der Waals surface area contributed by atoms with E-state index >= 15 is 0 Å². The predicted molar refractivity (Wildman–Crippen MR) is 549 cm³/mol. The van der Waals surface area contributed by atoms with Gasteiger partial charge in [0, 0.05) is 247 Å². The lowest BCUT2D eigenvalue weighted by molar-refractivity contribution is -0.127. The molecule has 139 heavy (non-hydrogen) atoms. The summed E-state index contributed by atoms with van der Waals surface area (Å²) in [5.41, 5.74) is 21.2. The number of likely N-dealkylation sites (tertiary alicyclic amines) is 3. The van der Waals surface area contributed by atoms with Crippen LogP contribution in [0.2, 0.25) is 5.02 Å². The number of ether oxygens (including phenoxy) is 7. The molecule has 720 valence electrons. The number of aryl methyl sites for hydroxylation is 4. The zero-order valence-corrected chi connectivity index (χ0v) is 82.2. The first-order valence-corrected chi connectivity index (χ1v) is 46.5. The van der Waals surface area contributed by atoms with Gasteiger partial charge in [-0.2, -0.15) is 39.2 Å².